The fraction of sp³-hybridized carbons (Fsp3) is 0.308. The number of nitrogens with one attached hydrogen (secondary N) is 1. The van der Waals surface area contributed by atoms with Gasteiger partial charge in [-0.3, -0.25) is 4.98 Å². The van der Waals surface area contributed by atoms with Crippen LogP contribution in [0.4, 0.5) is 10.2 Å². The third-order valence-electron chi connectivity index (χ3n) is 2.73. The van der Waals surface area contributed by atoms with Crippen molar-refractivity contribution in [2.24, 2.45) is 0 Å². The molecule has 0 radical (unpaired) electrons. The van der Waals surface area contributed by atoms with Crippen molar-refractivity contribution in [1.29, 1.82) is 0 Å². The lowest BCUT2D eigenvalue weighted by molar-refractivity contribution is 0.623. The molecule has 0 amide bonds. The average molecular weight is 246 g/mol. The number of pyridine rings is 1. The molecular formula is C13H15FN4. The molecule has 0 fully saturated rings. The van der Waals surface area contributed by atoms with Gasteiger partial charge in [-0.15, -0.1) is 0 Å². The molecule has 0 saturated heterocycles. The summed E-state index contributed by atoms with van der Waals surface area (Å²) in [5, 5.41) is 3.02. The smallest absolute Gasteiger partial charge is 0.150 e. The van der Waals surface area contributed by atoms with Crippen LogP contribution >= 0.6 is 0 Å². The minimum absolute atomic E-state index is 0.191. The highest BCUT2D eigenvalue weighted by Gasteiger charge is 2.17. The Morgan fingerprint density at radius 3 is 2.67 bits per heavy atom. The Morgan fingerprint density at radius 2 is 2.06 bits per heavy atom. The van der Waals surface area contributed by atoms with E-state index in [0.717, 1.165) is 11.4 Å². The summed E-state index contributed by atoms with van der Waals surface area (Å²) in [5.41, 5.74) is 1.97. The molecule has 1 N–H and O–H groups in total. The zero-order valence-corrected chi connectivity index (χ0v) is 10.6. The van der Waals surface area contributed by atoms with Crippen LogP contribution in [-0.2, 0) is 0 Å². The molecule has 2 heterocycles. The van der Waals surface area contributed by atoms with E-state index in [-0.39, 0.29) is 11.7 Å². The molecule has 0 aromatic carbocycles. The van der Waals surface area contributed by atoms with Crippen molar-refractivity contribution in [2.45, 2.75) is 19.8 Å². The molecule has 0 saturated carbocycles. The zero-order valence-electron chi connectivity index (χ0n) is 10.6. The van der Waals surface area contributed by atoms with Gasteiger partial charge < -0.3 is 5.32 Å². The molecule has 0 spiro atoms. The van der Waals surface area contributed by atoms with E-state index in [9.17, 15) is 4.39 Å². The van der Waals surface area contributed by atoms with Crippen LogP contribution < -0.4 is 5.32 Å². The van der Waals surface area contributed by atoms with Gasteiger partial charge in [0.05, 0.1) is 11.9 Å². The third-order valence-corrected chi connectivity index (χ3v) is 2.73. The van der Waals surface area contributed by atoms with Crippen molar-refractivity contribution >= 4 is 5.82 Å². The Labute approximate surface area is 105 Å². The predicted molar refractivity (Wildman–Crippen MR) is 68.9 cm³/mol. The molecule has 4 nitrogen and oxygen atoms in total. The Bertz CT molecular complexity index is 554. The van der Waals surface area contributed by atoms with E-state index in [1.165, 1.54) is 12.5 Å². The quantitative estimate of drug-likeness (QED) is 0.904. The van der Waals surface area contributed by atoms with Gasteiger partial charge in [-0.05, 0) is 12.0 Å². The van der Waals surface area contributed by atoms with Gasteiger partial charge >= 0.3 is 0 Å². The Hall–Kier alpha value is -2.04. The molecular weight excluding hydrogens is 231 g/mol. The van der Waals surface area contributed by atoms with Crippen molar-refractivity contribution in [2.75, 3.05) is 12.4 Å². The van der Waals surface area contributed by atoms with E-state index >= 15 is 0 Å². The summed E-state index contributed by atoms with van der Waals surface area (Å²) in [5.74, 6) is 0.544. The Balaban J connectivity index is 2.68. The van der Waals surface area contributed by atoms with Crippen LogP contribution in [0.25, 0.3) is 11.3 Å². The van der Waals surface area contributed by atoms with Crippen molar-refractivity contribution in [3.63, 3.8) is 0 Å². The van der Waals surface area contributed by atoms with Gasteiger partial charge in [0.25, 0.3) is 0 Å². The van der Waals surface area contributed by atoms with E-state index < -0.39 is 0 Å². The molecule has 18 heavy (non-hydrogen) atoms. The van der Waals surface area contributed by atoms with Gasteiger partial charge in [-0.1, -0.05) is 13.8 Å². The maximum Gasteiger partial charge on any atom is 0.150 e. The summed E-state index contributed by atoms with van der Waals surface area (Å²) in [4.78, 5) is 12.1. The normalized spacial score (nSPS) is 10.7. The molecule has 0 aliphatic carbocycles. The Morgan fingerprint density at radius 1 is 1.28 bits per heavy atom. The molecule has 0 bridgehead atoms. The number of hydrogen-bond acceptors (Lipinski definition) is 4. The van der Waals surface area contributed by atoms with Gasteiger partial charge in [-0.2, -0.15) is 0 Å². The first kappa shape index (κ1) is 12.4. The fourth-order valence-electron chi connectivity index (χ4n) is 1.92. The van der Waals surface area contributed by atoms with E-state index in [1.54, 1.807) is 19.3 Å². The van der Waals surface area contributed by atoms with E-state index in [4.69, 9.17) is 0 Å². The van der Waals surface area contributed by atoms with Gasteiger partial charge in [0.1, 0.15) is 12.1 Å². The molecule has 2 aromatic rings. The summed E-state index contributed by atoms with van der Waals surface area (Å²) in [6, 6.07) is 1.63. The summed E-state index contributed by atoms with van der Waals surface area (Å²) in [6.07, 6.45) is 4.19. The van der Waals surface area contributed by atoms with E-state index in [2.05, 4.69) is 20.3 Å². The summed E-state index contributed by atoms with van der Waals surface area (Å²) in [7, 11) is 1.79. The van der Waals surface area contributed by atoms with Crippen LogP contribution in [0.5, 0.6) is 0 Å². The highest BCUT2D eigenvalue weighted by atomic mass is 19.1. The van der Waals surface area contributed by atoms with E-state index in [1.807, 2.05) is 13.8 Å². The maximum atomic E-state index is 13.8. The zero-order chi connectivity index (χ0) is 13.1. The highest BCUT2D eigenvalue weighted by Crippen LogP contribution is 2.32. The minimum Gasteiger partial charge on any atom is -0.373 e. The third kappa shape index (κ3) is 2.16. The van der Waals surface area contributed by atoms with Gasteiger partial charge in [0.2, 0.25) is 0 Å². The fourth-order valence-corrected chi connectivity index (χ4v) is 1.92. The van der Waals surface area contributed by atoms with Crippen LogP contribution in [0.3, 0.4) is 0 Å². The van der Waals surface area contributed by atoms with Crippen molar-refractivity contribution in [3.8, 4) is 11.3 Å². The lowest BCUT2D eigenvalue weighted by Crippen LogP contribution is -2.05. The molecule has 0 aliphatic rings. The first-order valence-electron chi connectivity index (χ1n) is 5.77. The summed E-state index contributed by atoms with van der Waals surface area (Å²) < 4.78 is 13.8. The second kappa shape index (κ2) is 5.08. The van der Waals surface area contributed by atoms with Gasteiger partial charge in [0, 0.05) is 24.4 Å². The number of nitrogens with zero attached hydrogens (tertiary/aromatic N) is 3. The summed E-state index contributed by atoms with van der Waals surface area (Å²) >= 11 is 0. The first-order valence-corrected chi connectivity index (χ1v) is 5.77. The van der Waals surface area contributed by atoms with Crippen molar-refractivity contribution in [3.05, 3.63) is 36.2 Å². The number of anilines is 1. The van der Waals surface area contributed by atoms with Crippen molar-refractivity contribution < 1.29 is 4.39 Å². The monoisotopic (exact) mass is 246 g/mol. The number of aromatic nitrogens is 3. The standard InChI is InChI=1S/C13H15FN4/c1-8(2)11-12(17-7-18-13(11)15-3)9-4-5-16-6-10(9)14/h4-8H,1-3H3,(H,15,17,18). The first-order chi connectivity index (χ1) is 8.65. The van der Waals surface area contributed by atoms with Crippen LogP contribution in [0, 0.1) is 5.82 Å². The van der Waals surface area contributed by atoms with Gasteiger partial charge in [-0.25, -0.2) is 14.4 Å². The van der Waals surface area contributed by atoms with Crippen LogP contribution in [0.15, 0.2) is 24.8 Å². The highest BCUT2D eigenvalue weighted by molar-refractivity contribution is 5.69. The molecule has 5 heteroatoms. The number of halogens is 1. The second-order valence-corrected chi connectivity index (χ2v) is 4.24. The van der Waals surface area contributed by atoms with E-state index in [0.29, 0.717) is 11.3 Å². The predicted octanol–water partition coefficient (Wildman–Crippen LogP) is 2.84. The van der Waals surface area contributed by atoms with Gasteiger partial charge in [0.15, 0.2) is 5.82 Å². The minimum atomic E-state index is -0.375. The molecule has 2 rings (SSSR count). The Kier molecular flexibility index (Phi) is 3.50. The number of hydrogen-bond donors (Lipinski definition) is 1. The average Bonchev–Trinajstić information content (AvgIpc) is 2.38. The molecule has 0 unspecified atom stereocenters. The lowest BCUT2D eigenvalue weighted by Gasteiger charge is -2.15. The maximum absolute atomic E-state index is 13.8. The summed E-state index contributed by atoms with van der Waals surface area (Å²) in [6.45, 7) is 4.06. The topological polar surface area (TPSA) is 50.7 Å². The number of rotatable bonds is 3. The van der Waals surface area contributed by atoms with Crippen LogP contribution in [-0.4, -0.2) is 22.0 Å². The van der Waals surface area contributed by atoms with Crippen LogP contribution in [0.2, 0.25) is 0 Å². The molecule has 0 atom stereocenters. The molecule has 0 aliphatic heterocycles. The molecule has 94 valence electrons. The molecule has 2 aromatic heterocycles. The second-order valence-electron chi connectivity index (χ2n) is 4.24. The SMILES string of the molecule is CNc1ncnc(-c2ccncc2F)c1C(C)C. The van der Waals surface area contributed by atoms with Crippen LogP contribution in [0.1, 0.15) is 25.3 Å². The van der Waals surface area contributed by atoms with Crippen molar-refractivity contribution in [1.82, 2.24) is 15.0 Å². The lowest BCUT2D eigenvalue weighted by atomic mass is 9.98. The largest absolute Gasteiger partial charge is 0.373 e.